The van der Waals surface area contributed by atoms with Crippen molar-refractivity contribution in [3.63, 3.8) is 0 Å². The minimum Gasteiger partial charge on any atom is -0.405 e. The van der Waals surface area contributed by atoms with E-state index in [9.17, 15) is 13.2 Å². The number of halogens is 3. The fourth-order valence-corrected chi connectivity index (χ4v) is 5.24. The normalized spacial score (nSPS) is 31.5. The zero-order valence-corrected chi connectivity index (χ0v) is 13.8. The van der Waals surface area contributed by atoms with Gasteiger partial charge in [-0.15, -0.1) is 13.2 Å². The van der Waals surface area contributed by atoms with Crippen LogP contribution in [0.15, 0.2) is 24.3 Å². The zero-order chi connectivity index (χ0) is 16.7. The van der Waals surface area contributed by atoms with Crippen LogP contribution in [0.5, 0.6) is 5.75 Å². The molecule has 2 aliphatic carbocycles. The van der Waals surface area contributed by atoms with E-state index in [1.807, 2.05) is 0 Å². The van der Waals surface area contributed by atoms with Crippen molar-refractivity contribution < 1.29 is 17.9 Å². The number of rotatable bonds is 3. The molecule has 3 fully saturated rings. The largest absolute Gasteiger partial charge is 0.573 e. The molecule has 4 rings (SSSR count). The number of hydrogen-bond donors (Lipinski definition) is 0. The second kappa shape index (κ2) is 6.25. The van der Waals surface area contributed by atoms with Crippen LogP contribution in [0.25, 0.3) is 0 Å². The molecule has 3 atom stereocenters. The topological polar surface area (TPSA) is 12.5 Å². The average molecular weight is 339 g/mol. The summed E-state index contributed by atoms with van der Waals surface area (Å²) in [5.41, 5.74) is 0.711. The lowest BCUT2D eigenvalue weighted by Gasteiger charge is -2.40. The third kappa shape index (κ3) is 3.28. The molecule has 0 aromatic heterocycles. The highest BCUT2D eigenvalue weighted by atomic mass is 19.4. The number of alkyl halides is 3. The third-order valence-corrected chi connectivity index (χ3v) is 6.28. The predicted molar refractivity (Wildman–Crippen MR) is 85.9 cm³/mol. The summed E-state index contributed by atoms with van der Waals surface area (Å²) in [7, 11) is 0. The van der Waals surface area contributed by atoms with Crippen molar-refractivity contribution in [3.05, 3.63) is 29.8 Å². The molecular weight excluding hydrogens is 315 g/mol. The Morgan fingerprint density at radius 3 is 2.33 bits per heavy atom. The minimum absolute atomic E-state index is 0.0247. The third-order valence-electron chi connectivity index (χ3n) is 6.28. The number of para-hydroxylation sites is 1. The van der Waals surface area contributed by atoms with Gasteiger partial charge in [-0.1, -0.05) is 24.6 Å². The van der Waals surface area contributed by atoms with Gasteiger partial charge in [-0.25, -0.2) is 0 Å². The van der Waals surface area contributed by atoms with Gasteiger partial charge in [0.25, 0.3) is 0 Å². The van der Waals surface area contributed by atoms with Crippen LogP contribution in [-0.2, 0) is 0 Å². The maximum atomic E-state index is 12.6. The van der Waals surface area contributed by atoms with Gasteiger partial charge in [-0.2, -0.15) is 0 Å². The Kier molecular flexibility index (Phi) is 4.23. The molecule has 3 aliphatic rings. The van der Waals surface area contributed by atoms with Gasteiger partial charge in [0.1, 0.15) is 5.75 Å². The number of benzene rings is 1. The Morgan fingerprint density at radius 1 is 0.958 bits per heavy atom. The second-order valence-electron chi connectivity index (χ2n) is 7.64. The van der Waals surface area contributed by atoms with E-state index in [1.54, 1.807) is 18.2 Å². The Balaban J connectivity index is 1.41. The molecule has 5 heteroatoms. The Labute approximate surface area is 141 Å². The number of hydrogen-bond acceptors (Lipinski definition) is 2. The van der Waals surface area contributed by atoms with Crippen LogP contribution in [-0.4, -0.2) is 30.4 Å². The van der Waals surface area contributed by atoms with E-state index >= 15 is 0 Å². The Bertz CT molecular complexity index is 580. The number of fused-ring (bicyclic) bond motifs is 2. The number of ether oxygens (including phenoxy) is 1. The van der Waals surface area contributed by atoms with Crippen molar-refractivity contribution in [2.45, 2.75) is 56.8 Å². The molecule has 132 valence electrons. The first-order valence-corrected chi connectivity index (χ1v) is 9.08. The van der Waals surface area contributed by atoms with Crippen molar-refractivity contribution in [1.29, 1.82) is 0 Å². The van der Waals surface area contributed by atoms with Crippen LogP contribution >= 0.6 is 0 Å². The Morgan fingerprint density at radius 2 is 1.71 bits per heavy atom. The maximum Gasteiger partial charge on any atom is 0.573 e. The fourth-order valence-electron chi connectivity index (χ4n) is 5.24. The molecule has 2 bridgehead atoms. The van der Waals surface area contributed by atoms with E-state index in [0.29, 0.717) is 5.56 Å². The molecule has 1 aromatic carbocycles. The van der Waals surface area contributed by atoms with Crippen LogP contribution in [0.3, 0.4) is 0 Å². The first-order chi connectivity index (χ1) is 11.5. The van der Waals surface area contributed by atoms with Crippen LogP contribution in [0, 0.1) is 11.8 Å². The zero-order valence-electron chi connectivity index (χ0n) is 13.8. The van der Waals surface area contributed by atoms with Crippen LogP contribution in [0.1, 0.15) is 50.0 Å². The molecule has 2 nitrogen and oxygen atoms in total. The molecule has 0 radical (unpaired) electrons. The molecule has 2 saturated carbocycles. The summed E-state index contributed by atoms with van der Waals surface area (Å²) in [4.78, 5) is 2.60. The minimum atomic E-state index is -4.63. The van der Waals surface area contributed by atoms with Gasteiger partial charge in [0.15, 0.2) is 0 Å². The smallest absolute Gasteiger partial charge is 0.405 e. The predicted octanol–water partition coefficient (Wildman–Crippen LogP) is 4.95. The van der Waals surface area contributed by atoms with Crippen LogP contribution < -0.4 is 4.74 Å². The lowest BCUT2D eigenvalue weighted by molar-refractivity contribution is -0.275. The standard InChI is InChI=1S/C19H24F3NO/c20-19(21,22)24-18-4-2-1-3-16(18)14-7-9-23(10-8-14)17-12-13-5-6-15(17)11-13/h1-4,13-15,17H,5-12H2/t13-,15?,17-/m0/s1. The quantitative estimate of drug-likeness (QED) is 0.772. The van der Waals surface area contributed by atoms with E-state index < -0.39 is 6.36 Å². The molecule has 1 aliphatic heterocycles. The summed E-state index contributed by atoms with van der Waals surface area (Å²) >= 11 is 0. The van der Waals surface area contributed by atoms with Gasteiger partial charge in [0.2, 0.25) is 0 Å². The van der Waals surface area contributed by atoms with Gasteiger partial charge in [0.05, 0.1) is 0 Å². The van der Waals surface area contributed by atoms with E-state index in [1.165, 1.54) is 31.7 Å². The van der Waals surface area contributed by atoms with Crippen molar-refractivity contribution in [1.82, 2.24) is 4.90 Å². The van der Waals surface area contributed by atoms with Gasteiger partial charge in [0, 0.05) is 6.04 Å². The van der Waals surface area contributed by atoms with Crippen LogP contribution in [0.4, 0.5) is 13.2 Å². The van der Waals surface area contributed by atoms with Gasteiger partial charge >= 0.3 is 6.36 Å². The molecular formula is C19H24F3NO. The highest BCUT2D eigenvalue weighted by Crippen LogP contribution is 2.48. The number of nitrogens with zero attached hydrogens (tertiary/aromatic N) is 1. The summed E-state index contributed by atoms with van der Waals surface area (Å²) in [6.45, 7) is 2.00. The van der Waals surface area contributed by atoms with Gasteiger partial charge < -0.3 is 9.64 Å². The highest BCUT2D eigenvalue weighted by Gasteiger charge is 2.43. The first kappa shape index (κ1) is 16.2. The summed E-state index contributed by atoms with van der Waals surface area (Å²) in [6.07, 6.45) is 2.73. The van der Waals surface area contributed by atoms with Crippen molar-refractivity contribution in [3.8, 4) is 5.75 Å². The first-order valence-electron chi connectivity index (χ1n) is 9.08. The van der Waals surface area contributed by atoms with Crippen LogP contribution in [0.2, 0.25) is 0 Å². The molecule has 1 unspecified atom stereocenters. The Hall–Kier alpha value is -1.23. The molecule has 24 heavy (non-hydrogen) atoms. The molecule has 0 amide bonds. The van der Waals surface area contributed by atoms with E-state index in [0.717, 1.165) is 43.8 Å². The SMILES string of the molecule is FC(F)(F)Oc1ccccc1C1CCN([C@H]2C[C@H]3CCC2C3)CC1. The van der Waals surface area contributed by atoms with E-state index in [4.69, 9.17) is 0 Å². The second-order valence-corrected chi connectivity index (χ2v) is 7.64. The van der Waals surface area contributed by atoms with Crippen molar-refractivity contribution >= 4 is 0 Å². The van der Waals surface area contributed by atoms with Crippen molar-refractivity contribution in [2.75, 3.05) is 13.1 Å². The van der Waals surface area contributed by atoms with Gasteiger partial charge in [-0.05, 0) is 74.6 Å². The summed E-state index contributed by atoms with van der Waals surface area (Å²) in [5.74, 6) is 1.94. The maximum absolute atomic E-state index is 12.6. The molecule has 1 heterocycles. The van der Waals surface area contributed by atoms with E-state index in [-0.39, 0.29) is 11.7 Å². The molecule has 1 saturated heterocycles. The van der Waals surface area contributed by atoms with Crippen molar-refractivity contribution in [2.24, 2.45) is 11.8 Å². The monoisotopic (exact) mass is 339 g/mol. The summed E-state index contributed by atoms with van der Waals surface area (Å²) in [6, 6.07) is 7.37. The molecule has 0 N–H and O–H groups in total. The summed E-state index contributed by atoms with van der Waals surface area (Å²) in [5, 5.41) is 0. The molecule has 1 aromatic rings. The summed E-state index contributed by atoms with van der Waals surface area (Å²) < 4.78 is 42.1. The van der Waals surface area contributed by atoms with Gasteiger partial charge in [-0.3, -0.25) is 0 Å². The lowest BCUT2D eigenvalue weighted by atomic mass is 9.86. The average Bonchev–Trinajstić information content (AvgIpc) is 3.17. The van der Waals surface area contributed by atoms with E-state index in [2.05, 4.69) is 9.64 Å². The molecule has 0 spiro atoms. The fraction of sp³-hybridized carbons (Fsp3) is 0.684. The lowest BCUT2D eigenvalue weighted by Crippen LogP contribution is -2.43. The highest BCUT2D eigenvalue weighted by molar-refractivity contribution is 5.36. The number of piperidine rings is 1. The number of likely N-dealkylation sites (tertiary alicyclic amines) is 1.